The fourth-order valence-electron chi connectivity index (χ4n) is 2.64. The van der Waals surface area contributed by atoms with Crippen LogP contribution in [-0.2, 0) is 4.57 Å². The predicted molar refractivity (Wildman–Crippen MR) is 101 cm³/mol. The molecule has 2 rings (SSSR count). The first-order valence-electron chi connectivity index (χ1n) is 7.99. The van der Waals surface area contributed by atoms with Gasteiger partial charge in [0.2, 0.25) is 0 Å². The van der Waals surface area contributed by atoms with E-state index in [-0.39, 0.29) is 11.3 Å². The van der Waals surface area contributed by atoms with E-state index in [1.165, 1.54) is 0 Å². The van der Waals surface area contributed by atoms with Crippen LogP contribution in [-0.4, -0.2) is 17.7 Å². The highest BCUT2D eigenvalue weighted by Crippen LogP contribution is 2.59. The van der Waals surface area contributed by atoms with Crippen LogP contribution < -0.4 is 4.67 Å². The van der Waals surface area contributed by atoms with E-state index < -0.39 is 7.29 Å². The zero-order valence-electron chi connectivity index (χ0n) is 14.3. The number of para-hydroxylation sites is 2. The number of hydrogen-bond acceptors (Lipinski definition) is 2. The molecular weight excluding hydrogens is 303 g/mol. The Labute approximate surface area is 139 Å². The third-order valence-corrected chi connectivity index (χ3v) is 7.88. The van der Waals surface area contributed by atoms with E-state index in [9.17, 15) is 4.57 Å². The van der Waals surface area contributed by atoms with Crippen LogP contribution in [0, 0.1) is 0 Å². The third-order valence-electron chi connectivity index (χ3n) is 3.91. The van der Waals surface area contributed by atoms with Gasteiger partial charge in [-0.15, -0.1) is 0 Å². The molecule has 3 nitrogen and oxygen atoms in total. The first kappa shape index (κ1) is 17.5. The van der Waals surface area contributed by atoms with E-state index in [0.29, 0.717) is 0 Å². The minimum atomic E-state index is -2.65. The second kappa shape index (κ2) is 7.61. The van der Waals surface area contributed by atoms with Crippen LogP contribution >= 0.6 is 7.29 Å². The molecule has 0 saturated heterocycles. The van der Waals surface area contributed by atoms with Gasteiger partial charge in [-0.1, -0.05) is 64.1 Å². The van der Waals surface area contributed by atoms with Crippen LogP contribution in [0.5, 0.6) is 0 Å². The van der Waals surface area contributed by atoms with Crippen molar-refractivity contribution in [1.29, 1.82) is 0 Å². The molecule has 0 atom stereocenters. The topological polar surface area (TPSA) is 32.7 Å². The lowest BCUT2D eigenvalue weighted by Crippen LogP contribution is -2.27. The quantitative estimate of drug-likeness (QED) is 0.373. The molecule has 0 aliphatic heterocycles. The zero-order chi connectivity index (χ0) is 16.9. The average Bonchev–Trinajstić information content (AvgIpc) is 2.56. The molecule has 0 unspecified atom stereocenters. The largest absolute Gasteiger partial charge is 0.299 e. The highest BCUT2D eigenvalue weighted by atomic mass is 31.2. The normalized spacial score (nSPS) is 12.3. The molecule has 0 aliphatic carbocycles. The van der Waals surface area contributed by atoms with Crippen LogP contribution in [0.1, 0.15) is 27.7 Å². The Balaban J connectivity index is 2.48. The maximum absolute atomic E-state index is 13.8. The van der Waals surface area contributed by atoms with Crippen LogP contribution in [0.25, 0.3) is 0 Å². The van der Waals surface area contributed by atoms with Gasteiger partial charge in [-0.25, -0.2) is 4.99 Å². The summed E-state index contributed by atoms with van der Waals surface area (Å²) in [6.07, 6.45) is 1.73. The van der Waals surface area contributed by atoms with Gasteiger partial charge in [0, 0.05) is 17.0 Å². The molecule has 0 aromatic heterocycles. The molecule has 0 saturated carbocycles. The van der Waals surface area contributed by atoms with Gasteiger partial charge in [0.15, 0.2) is 7.29 Å². The Bertz CT molecular complexity index is 669. The van der Waals surface area contributed by atoms with Gasteiger partial charge in [0.1, 0.15) is 6.34 Å². The Morgan fingerprint density at radius 1 is 0.870 bits per heavy atom. The van der Waals surface area contributed by atoms with Crippen molar-refractivity contribution < 1.29 is 4.57 Å². The van der Waals surface area contributed by atoms with E-state index in [1.807, 2.05) is 93.0 Å². The Morgan fingerprint density at radius 2 is 1.35 bits per heavy atom. The summed E-state index contributed by atoms with van der Waals surface area (Å²) in [4.78, 5) is 4.54. The van der Waals surface area contributed by atoms with Crippen LogP contribution in [0.15, 0.2) is 65.7 Å². The molecule has 0 fully saturated rings. The smallest absolute Gasteiger partial charge is 0.182 e. The number of rotatable bonds is 6. The van der Waals surface area contributed by atoms with E-state index in [2.05, 4.69) is 4.99 Å². The van der Waals surface area contributed by atoms with Crippen molar-refractivity contribution in [2.24, 2.45) is 4.99 Å². The maximum Gasteiger partial charge on any atom is 0.182 e. The molecule has 0 aliphatic rings. The molecule has 2 aromatic carbocycles. The molecule has 2 aromatic rings. The maximum atomic E-state index is 13.8. The number of hydrogen-bond donors (Lipinski definition) is 0. The zero-order valence-corrected chi connectivity index (χ0v) is 15.1. The van der Waals surface area contributed by atoms with Crippen molar-refractivity contribution in [3.05, 3.63) is 60.7 Å². The van der Waals surface area contributed by atoms with Gasteiger partial charge in [0.25, 0.3) is 0 Å². The lowest BCUT2D eigenvalue weighted by atomic mass is 10.3. The Hall–Kier alpha value is -1.86. The van der Waals surface area contributed by atoms with Gasteiger partial charge in [0.05, 0.1) is 5.69 Å². The predicted octanol–water partition coefficient (Wildman–Crippen LogP) is 5.95. The van der Waals surface area contributed by atoms with Crippen molar-refractivity contribution in [3.63, 3.8) is 0 Å². The molecule has 0 bridgehead atoms. The van der Waals surface area contributed by atoms with E-state index in [0.717, 1.165) is 11.4 Å². The summed E-state index contributed by atoms with van der Waals surface area (Å²) >= 11 is 0. The van der Waals surface area contributed by atoms with Gasteiger partial charge < -0.3 is 0 Å². The summed E-state index contributed by atoms with van der Waals surface area (Å²) in [6.45, 7) is 8.08. The van der Waals surface area contributed by atoms with Crippen LogP contribution in [0.3, 0.4) is 0 Å². The summed E-state index contributed by atoms with van der Waals surface area (Å²) in [7, 11) is -2.65. The minimum Gasteiger partial charge on any atom is -0.299 e. The van der Waals surface area contributed by atoms with E-state index >= 15 is 0 Å². The SMILES string of the molecule is CC(C)P(=O)(C(C)C)N(/C=N/c1ccccc1)c1ccccc1. The van der Waals surface area contributed by atoms with Crippen LogP contribution in [0.4, 0.5) is 11.4 Å². The lowest BCUT2D eigenvalue weighted by molar-refractivity contribution is 0.562. The monoisotopic (exact) mass is 328 g/mol. The molecular formula is C19H25N2OP. The molecule has 0 radical (unpaired) electrons. The molecule has 122 valence electrons. The molecule has 0 spiro atoms. The number of benzene rings is 2. The molecule has 0 amide bonds. The van der Waals surface area contributed by atoms with Crippen molar-refractivity contribution in [2.45, 2.75) is 39.0 Å². The molecule has 0 heterocycles. The second-order valence-electron chi connectivity index (χ2n) is 6.12. The van der Waals surface area contributed by atoms with Crippen molar-refractivity contribution >= 4 is 25.0 Å². The summed E-state index contributed by atoms with van der Waals surface area (Å²) < 4.78 is 15.7. The number of aliphatic imine (C=N–C) groups is 1. The molecule has 0 N–H and O–H groups in total. The van der Waals surface area contributed by atoms with E-state index in [1.54, 1.807) is 6.34 Å². The summed E-state index contributed by atoms with van der Waals surface area (Å²) in [5.41, 5.74) is 1.86. The Kier molecular flexibility index (Phi) is 5.79. The minimum absolute atomic E-state index is 0.0462. The first-order chi connectivity index (χ1) is 11.0. The highest BCUT2D eigenvalue weighted by Gasteiger charge is 2.36. The molecule has 4 heteroatoms. The fraction of sp³-hybridized carbons (Fsp3) is 0.316. The van der Waals surface area contributed by atoms with E-state index in [4.69, 9.17) is 0 Å². The molecule has 23 heavy (non-hydrogen) atoms. The third kappa shape index (κ3) is 3.92. The summed E-state index contributed by atoms with van der Waals surface area (Å²) in [5.74, 6) is 0. The number of anilines is 1. The van der Waals surface area contributed by atoms with Gasteiger partial charge in [-0.3, -0.25) is 9.24 Å². The van der Waals surface area contributed by atoms with Gasteiger partial charge in [-0.05, 0) is 24.3 Å². The summed E-state index contributed by atoms with van der Waals surface area (Å²) in [6, 6.07) is 19.6. The number of nitrogens with zero attached hydrogens (tertiary/aromatic N) is 2. The highest BCUT2D eigenvalue weighted by molar-refractivity contribution is 7.67. The average molecular weight is 328 g/mol. The standard InChI is InChI=1S/C19H25N2OP/c1-16(2)23(22,17(3)4)21(19-13-9-6-10-14-19)15-20-18-11-7-5-8-12-18/h5-17H,1-4H3/b20-15+. The van der Waals surface area contributed by atoms with Crippen LogP contribution in [0.2, 0.25) is 0 Å². The van der Waals surface area contributed by atoms with Crippen molar-refractivity contribution in [3.8, 4) is 0 Å². The van der Waals surface area contributed by atoms with Gasteiger partial charge >= 0.3 is 0 Å². The lowest BCUT2D eigenvalue weighted by Gasteiger charge is -2.36. The van der Waals surface area contributed by atoms with Crippen molar-refractivity contribution in [1.82, 2.24) is 0 Å². The van der Waals surface area contributed by atoms with Gasteiger partial charge in [-0.2, -0.15) is 0 Å². The Morgan fingerprint density at radius 3 is 1.83 bits per heavy atom. The van der Waals surface area contributed by atoms with Crippen molar-refractivity contribution in [2.75, 3.05) is 4.67 Å². The second-order valence-corrected chi connectivity index (χ2v) is 9.96. The fourth-order valence-corrected chi connectivity index (χ4v) is 5.53. The summed E-state index contributed by atoms with van der Waals surface area (Å²) in [5, 5.41) is 0. The first-order valence-corrected chi connectivity index (χ1v) is 9.79.